The van der Waals surface area contributed by atoms with Crippen LogP contribution in [0.2, 0.25) is 0 Å². The highest BCUT2D eigenvalue weighted by Gasteiger charge is 2.44. The summed E-state index contributed by atoms with van der Waals surface area (Å²) in [4.78, 5) is 32.0. The molecule has 10 nitrogen and oxygen atoms in total. The van der Waals surface area contributed by atoms with E-state index < -0.39 is 42.5 Å². The maximum atomic E-state index is 10.9. The van der Waals surface area contributed by atoms with Gasteiger partial charge in [-0.1, -0.05) is 6.92 Å². The molecular weight excluding hydrogens is 340 g/mol. The molecule has 0 fully saturated rings. The standard InChI is InChI=1S/C9H14O7.C6H14O3/c1-2-3-16-9(8(14)15,4-6(10)11)5-7(12)13;1-5(8)4-9-6(2)3-7/h2-5H2,1H3,(H,10,11)(H,12,13)(H,14,15);5-8H,3-4H2,1-2H3. The van der Waals surface area contributed by atoms with Crippen LogP contribution in [0.4, 0.5) is 0 Å². The van der Waals surface area contributed by atoms with Crippen molar-refractivity contribution in [2.75, 3.05) is 19.8 Å². The van der Waals surface area contributed by atoms with Crippen molar-refractivity contribution in [3.05, 3.63) is 0 Å². The Hall–Kier alpha value is -1.75. The smallest absolute Gasteiger partial charge is 0.337 e. The summed E-state index contributed by atoms with van der Waals surface area (Å²) in [6, 6.07) is 0. The third-order valence-electron chi connectivity index (χ3n) is 2.72. The number of rotatable bonds is 12. The molecule has 0 saturated heterocycles. The zero-order chi connectivity index (χ0) is 20.0. The van der Waals surface area contributed by atoms with Gasteiger partial charge in [-0.3, -0.25) is 9.59 Å². The Labute approximate surface area is 146 Å². The van der Waals surface area contributed by atoms with Gasteiger partial charge in [0.1, 0.15) is 0 Å². The molecule has 0 spiro atoms. The molecule has 0 bridgehead atoms. The molecular formula is C15H28O10. The second-order valence-corrected chi connectivity index (χ2v) is 5.46. The van der Waals surface area contributed by atoms with Gasteiger partial charge in [0, 0.05) is 6.61 Å². The third-order valence-corrected chi connectivity index (χ3v) is 2.72. The minimum atomic E-state index is -2.19. The average Bonchev–Trinajstić information content (AvgIpc) is 2.49. The topological polar surface area (TPSA) is 171 Å². The lowest BCUT2D eigenvalue weighted by Crippen LogP contribution is -2.45. The summed E-state index contributed by atoms with van der Waals surface area (Å²) < 4.78 is 9.85. The Morgan fingerprint density at radius 3 is 1.80 bits per heavy atom. The molecule has 0 amide bonds. The van der Waals surface area contributed by atoms with Crippen molar-refractivity contribution >= 4 is 17.9 Å². The Morgan fingerprint density at radius 1 is 1.04 bits per heavy atom. The first kappa shape index (κ1) is 25.5. The zero-order valence-electron chi connectivity index (χ0n) is 14.7. The minimum Gasteiger partial charge on any atom is -0.481 e. The fourth-order valence-electron chi connectivity index (χ4n) is 1.52. The van der Waals surface area contributed by atoms with Crippen LogP contribution in [0.25, 0.3) is 0 Å². The first-order chi connectivity index (χ1) is 11.5. The lowest BCUT2D eigenvalue weighted by Gasteiger charge is -2.26. The molecule has 2 unspecified atom stereocenters. The Morgan fingerprint density at radius 2 is 1.52 bits per heavy atom. The van der Waals surface area contributed by atoms with Gasteiger partial charge in [-0.05, 0) is 20.3 Å². The van der Waals surface area contributed by atoms with Crippen LogP contribution in [0, 0.1) is 0 Å². The monoisotopic (exact) mass is 368 g/mol. The predicted octanol–water partition coefficient (Wildman–Crippen LogP) is -0.0496. The van der Waals surface area contributed by atoms with Gasteiger partial charge in [-0.15, -0.1) is 0 Å². The molecule has 5 N–H and O–H groups in total. The molecule has 0 aromatic rings. The summed E-state index contributed by atoms with van der Waals surface area (Å²) >= 11 is 0. The minimum absolute atomic E-state index is 0.00667. The van der Waals surface area contributed by atoms with E-state index in [1.54, 1.807) is 20.8 Å². The summed E-state index contributed by atoms with van der Waals surface area (Å²) in [5.74, 6) is -4.41. The van der Waals surface area contributed by atoms with E-state index in [4.69, 9.17) is 35.0 Å². The molecule has 0 rings (SSSR count). The second-order valence-electron chi connectivity index (χ2n) is 5.46. The van der Waals surface area contributed by atoms with E-state index >= 15 is 0 Å². The number of hydrogen-bond donors (Lipinski definition) is 5. The molecule has 0 saturated carbocycles. The Kier molecular flexibility index (Phi) is 13.8. The number of aliphatic hydroxyl groups is 2. The average molecular weight is 368 g/mol. The van der Waals surface area contributed by atoms with Crippen molar-refractivity contribution in [3.63, 3.8) is 0 Å². The second kappa shape index (κ2) is 13.5. The number of carboxylic acids is 3. The molecule has 0 aliphatic rings. The van der Waals surface area contributed by atoms with Crippen LogP contribution in [-0.4, -0.2) is 81.1 Å². The van der Waals surface area contributed by atoms with Gasteiger partial charge in [0.15, 0.2) is 5.60 Å². The van der Waals surface area contributed by atoms with Crippen molar-refractivity contribution in [2.24, 2.45) is 0 Å². The van der Waals surface area contributed by atoms with Crippen molar-refractivity contribution in [1.29, 1.82) is 0 Å². The molecule has 148 valence electrons. The number of hydrogen-bond acceptors (Lipinski definition) is 7. The Bertz CT molecular complexity index is 391. The van der Waals surface area contributed by atoms with Crippen LogP contribution in [0.15, 0.2) is 0 Å². The van der Waals surface area contributed by atoms with E-state index in [2.05, 4.69) is 0 Å². The third kappa shape index (κ3) is 13.2. The van der Waals surface area contributed by atoms with E-state index in [0.717, 1.165) is 0 Å². The van der Waals surface area contributed by atoms with Crippen LogP contribution < -0.4 is 0 Å². The fourth-order valence-corrected chi connectivity index (χ4v) is 1.52. The largest absolute Gasteiger partial charge is 0.481 e. The lowest BCUT2D eigenvalue weighted by atomic mass is 9.95. The normalized spacial score (nSPS) is 13.3. The van der Waals surface area contributed by atoms with Crippen LogP contribution >= 0.6 is 0 Å². The van der Waals surface area contributed by atoms with Gasteiger partial charge in [-0.2, -0.15) is 0 Å². The molecule has 0 aliphatic heterocycles. The molecule has 0 aliphatic carbocycles. The summed E-state index contributed by atoms with van der Waals surface area (Å²) in [5.41, 5.74) is -2.19. The van der Waals surface area contributed by atoms with Crippen molar-refractivity contribution in [1.82, 2.24) is 0 Å². The molecule has 2 atom stereocenters. The first-order valence-electron chi connectivity index (χ1n) is 7.72. The van der Waals surface area contributed by atoms with Crippen LogP contribution in [0.1, 0.15) is 40.0 Å². The van der Waals surface area contributed by atoms with Crippen molar-refractivity contribution in [2.45, 2.75) is 57.8 Å². The molecule has 25 heavy (non-hydrogen) atoms. The predicted molar refractivity (Wildman–Crippen MR) is 85.3 cm³/mol. The summed E-state index contributed by atoms with van der Waals surface area (Å²) in [6.45, 7) is 5.39. The van der Waals surface area contributed by atoms with Crippen LogP contribution in [0.3, 0.4) is 0 Å². The van der Waals surface area contributed by atoms with E-state index in [0.29, 0.717) is 13.0 Å². The quantitative estimate of drug-likeness (QED) is 0.314. The maximum Gasteiger partial charge on any atom is 0.337 e. The molecule has 0 heterocycles. The fraction of sp³-hybridized carbons (Fsp3) is 0.800. The Balaban J connectivity index is 0. The van der Waals surface area contributed by atoms with Gasteiger partial charge in [0.25, 0.3) is 0 Å². The summed E-state index contributed by atoms with van der Waals surface area (Å²) in [5, 5.41) is 43.2. The van der Waals surface area contributed by atoms with Gasteiger partial charge in [0.05, 0.1) is 38.3 Å². The molecule has 10 heteroatoms. The highest BCUT2D eigenvalue weighted by molar-refractivity contribution is 5.88. The number of ether oxygens (including phenoxy) is 2. The van der Waals surface area contributed by atoms with E-state index in [9.17, 15) is 14.4 Å². The summed E-state index contributed by atoms with van der Waals surface area (Å²) in [6.07, 6.45) is -1.91. The zero-order valence-corrected chi connectivity index (χ0v) is 14.7. The highest BCUT2D eigenvalue weighted by atomic mass is 16.5. The van der Waals surface area contributed by atoms with E-state index in [-0.39, 0.29) is 19.3 Å². The summed E-state index contributed by atoms with van der Waals surface area (Å²) in [7, 11) is 0. The number of aliphatic carboxylic acids is 3. The van der Waals surface area contributed by atoms with E-state index in [1.165, 1.54) is 0 Å². The molecule has 0 aromatic carbocycles. The van der Waals surface area contributed by atoms with E-state index in [1.807, 2.05) is 0 Å². The number of carboxylic acid groups (broad SMARTS) is 3. The first-order valence-corrected chi connectivity index (χ1v) is 7.72. The number of carbonyl (C=O) groups is 3. The van der Waals surface area contributed by atoms with Crippen molar-refractivity contribution < 1.29 is 49.4 Å². The van der Waals surface area contributed by atoms with Crippen molar-refractivity contribution in [3.8, 4) is 0 Å². The maximum absolute atomic E-state index is 10.9. The van der Waals surface area contributed by atoms with Crippen LogP contribution in [0.5, 0.6) is 0 Å². The van der Waals surface area contributed by atoms with Gasteiger partial charge >= 0.3 is 17.9 Å². The van der Waals surface area contributed by atoms with Crippen LogP contribution in [-0.2, 0) is 23.9 Å². The van der Waals surface area contributed by atoms with Gasteiger partial charge in [0.2, 0.25) is 0 Å². The molecule has 0 radical (unpaired) electrons. The molecule has 0 aromatic heterocycles. The van der Waals surface area contributed by atoms with Gasteiger partial charge < -0.3 is 35.0 Å². The van der Waals surface area contributed by atoms with Gasteiger partial charge in [-0.25, -0.2) is 4.79 Å². The SMILES string of the molecule is CC(O)COC(C)CO.CCCOC(CC(=O)O)(CC(=O)O)C(=O)O. The lowest BCUT2D eigenvalue weighted by molar-refractivity contribution is -0.178. The highest BCUT2D eigenvalue weighted by Crippen LogP contribution is 2.22. The number of aliphatic hydroxyl groups excluding tert-OH is 2.